The normalized spacial score (nSPS) is 22.9. The highest BCUT2D eigenvalue weighted by molar-refractivity contribution is 5.97. The van der Waals surface area contributed by atoms with Crippen LogP contribution in [0.4, 0.5) is 5.69 Å². The first-order valence-electron chi connectivity index (χ1n) is 10.4. The molecule has 0 spiro atoms. The summed E-state index contributed by atoms with van der Waals surface area (Å²) in [4.78, 5) is 48.6. The predicted octanol–water partition coefficient (Wildman–Crippen LogP) is 2.15. The standard InChI is InChI=1S/C24H23N3O5/c28-19(12-14-4-2-1-3-5-14)25-18-10-8-15(9-11-18)22(29)26-27-23(30)20-16-6-7-17(13-16)21(20)24(31)32/h1-11,16-17,20-21H,12-13H2,(H,25,28)(H,26,29)(H,27,30)(H,31,32)/t16-,17-,20+,21+/m0/s1. The topological polar surface area (TPSA) is 125 Å². The van der Waals surface area contributed by atoms with Crippen molar-refractivity contribution in [2.45, 2.75) is 12.8 Å². The Bertz CT molecular complexity index is 1060. The van der Waals surface area contributed by atoms with Crippen LogP contribution in [0.3, 0.4) is 0 Å². The molecule has 1 fully saturated rings. The van der Waals surface area contributed by atoms with Gasteiger partial charge in [-0.1, -0.05) is 42.5 Å². The number of carbonyl (C=O) groups excluding carboxylic acids is 3. The zero-order valence-corrected chi connectivity index (χ0v) is 17.2. The third-order valence-electron chi connectivity index (χ3n) is 5.98. The van der Waals surface area contributed by atoms with Crippen molar-refractivity contribution in [1.29, 1.82) is 0 Å². The lowest BCUT2D eigenvalue weighted by molar-refractivity contribution is -0.148. The molecule has 0 radical (unpaired) electrons. The van der Waals surface area contributed by atoms with Crippen LogP contribution in [-0.4, -0.2) is 28.8 Å². The Hall–Kier alpha value is -3.94. The molecule has 2 aliphatic rings. The second-order valence-electron chi connectivity index (χ2n) is 8.07. The number of allylic oxidation sites excluding steroid dienone is 2. The monoisotopic (exact) mass is 433 g/mol. The number of carbonyl (C=O) groups is 4. The average molecular weight is 433 g/mol. The first kappa shape index (κ1) is 21.3. The van der Waals surface area contributed by atoms with Gasteiger partial charge in [0.15, 0.2) is 0 Å². The molecule has 0 unspecified atom stereocenters. The minimum atomic E-state index is -1.00. The van der Waals surface area contributed by atoms with E-state index in [0.29, 0.717) is 12.1 Å². The predicted molar refractivity (Wildman–Crippen MR) is 116 cm³/mol. The number of anilines is 1. The van der Waals surface area contributed by atoms with Crippen molar-refractivity contribution < 1.29 is 24.3 Å². The van der Waals surface area contributed by atoms with Gasteiger partial charge in [0.2, 0.25) is 11.8 Å². The summed E-state index contributed by atoms with van der Waals surface area (Å²) in [5.41, 5.74) is 6.43. The highest BCUT2D eigenvalue weighted by atomic mass is 16.4. The Balaban J connectivity index is 1.29. The molecule has 4 atom stereocenters. The second kappa shape index (κ2) is 9.05. The number of benzene rings is 2. The average Bonchev–Trinajstić information content (AvgIpc) is 3.40. The van der Waals surface area contributed by atoms with E-state index in [9.17, 15) is 24.3 Å². The summed E-state index contributed by atoms with van der Waals surface area (Å²) in [6.45, 7) is 0. The lowest BCUT2D eigenvalue weighted by Gasteiger charge is -2.23. The molecular weight excluding hydrogens is 410 g/mol. The van der Waals surface area contributed by atoms with Gasteiger partial charge < -0.3 is 10.4 Å². The van der Waals surface area contributed by atoms with Gasteiger partial charge in [0.25, 0.3) is 5.91 Å². The summed E-state index contributed by atoms with van der Waals surface area (Å²) >= 11 is 0. The molecule has 32 heavy (non-hydrogen) atoms. The second-order valence-corrected chi connectivity index (χ2v) is 8.07. The summed E-state index contributed by atoms with van der Waals surface area (Å²) in [5, 5.41) is 12.2. The van der Waals surface area contributed by atoms with Crippen molar-refractivity contribution in [3.8, 4) is 0 Å². The number of carboxylic acids is 1. The maximum absolute atomic E-state index is 12.5. The van der Waals surface area contributed by atoms with Crippen LogP contribution in [0, 0.1) is 23.7 Å². The fraction of sp³-hybridized carbons (Fsp3) is 0.250. The molecule has 0 aliphatic heterocycles. The number of aliphatic carboxylic acids is 1. The van der Waals surface area contributed by atoms with Crippen LogP contribution in [0.5, 0.6) is 0 Å². The Morgan fingerprint density at radius 2 is 1.50 bits per heavy atom. The third-order valence-corrected chi connectivity index (χ3v) is 5.98. The highest BCUT2D eigenvalue weighted by Gasteiger charge is 2.51. The van der Waals surface area contributed by atoms with E-state index >= 15 is 0 Å². The Labute approximate surface area is 184 Å². The molecule has 3 amide bonds. The fourth-order valence-electron chi connectivity index (χ4n) is 4.48. The molecule has 2 aliphatic carbocycles. The van der Waals surface area contributed by atoms with Gasteiger partial charge in [-0.2, -0.15) is 0 Å². The number of fused-ring (bicyclic) bond motifs is 2. The summed E-state index contributed by atoms with van der Waals surface area (Å²) in [6.07, 6.45) is 4.61. The Kier molecular flexibility index (Phi) is 6.02. The van der Waals surface area contributed by atoms with Gasteiger partial charge in [-0.25, -0.2) is 0 Å². The van der Waals surface area contributed by atoms with E-state index in [1.54, 1.807) is 12.1 Å². The lowest BCUT2D eigenvalue weighted by Crippen LogP contribution is -2.48. The van der Waals surface area contributed by atoms with Crippen molar-refractivity contribution in [1.82, 2.24) is 10.9 Å². The van der Waals surface area contributed by atoms with Gasteiger partial charge in [0.05, 0.1) is 18.3 Å². The molecular formula is C24H23N3O5. The quantitative estimate of drug-likeness (QED) is 0.410. The minimum Gasteiger partial charge on any atom is -0.481 e. The molecule has 2 aromatic rings. The SMILES string of the molecule is O=C(Cc1ccccc1)Nc1ccc(C(=O)NNC(=O)[C@H]2[C@H](C(=O)O)[C@H]3C=C[C@H]2C3)cc1. The number of carboxylic acid groups (broad SMARTS) is 1. The zero-order chi connectivity index (χ0) is 22.7. The molecule has 4 rings (SSSR count). The molecule has 4 N–H and O–H groups in total. The van der Waals surface area contributed by atoms with E-state index in [1.807, 2.05) is 42.5 Å². The van der Waals surface area contributed by atoms with Gasteiger partial charge in [0.1, 0.15) is 0 Å². The number of rotatable bonds is 6. The summed E-state index contributed by atoms with van der Waals surface area (Å²) in [7, 11) is 0. The Morgan fingerprint density at radius 1 is 0.844 bits per heavy atom. The summed E-state index contributed by atoms with van der Waals surface area (Å²) in [6, 6.07) is 15.6. The molecule has 8 heteroatoms. The fourth-order valence-corrected chi connectivity index (χ4v) is 4.48. The maximum Gasteiger partial charge on any atom is 0.307 e. The van der Waals surface area contributed by atoms with E-state index in [0.717, 1.165) is 5.56 Å². The van der Waals surface area contributed by atoms with Gasteiger partial charge in [-0.15, -0.1) is 0 Å². The highest BCUT2D eigenvalue weighted by Crippen LogP contribution is 2.48. The van der Waals surface area contributed by atoms with Crippen molar-refractivity contribution in [2.75, 3.05) is 5.32 Å². The number of hydrogen-bond acceptors (Lipinski definition) is 4. The van der Waals surface area contributed by atoms with E-state index in [1.165, 1.54) is 12.1 Å². The number of hydrogen-bond donors (Lipinski definition) is 4. The lowest BCUT2D eigenvalue weighted by atomic mass is 9.82. The van der Waals surface area contributed by atoms with Gasteiger partial charge in [-0.05, 0) is 48.1 Å². The molecule has 164 valence electrons. The van der Waals surface area contributed by atoms with Crippen LogP contribution in [-0.2, 0) is 20.8 Å². The molecule has 0 saturated heterocycles. The van der Waals surface area contributed by atoms with Crippen molar-refractivity contribution >= 4 is 29.4 Å². The first-order valence-corrected chi connectivity index (χ1v) is 10.4. The molecule has 2 bridgehead atoms. The van der Waals surface area contributed by atoms with Crippen LogP contribution in [0.1, 0.15) is 22.3 Å². The number of hydrazine groups is 1. The number of nitrogens with one attached hydrogen (secondary N) is 3. The third kappa shape index (κ3) is 4.54. The van der Waals surface area contributed by atoms with E-state index in [2.05, 4.69) is 16.2 Å². The van der Waals surface area contributed by atoms with Crippen LogP contribution in [0.2, 0.25) is 0 Å². The molecule has 2 aromatic carbocycles. The van der Waals surface area contributed by atoms with Crippen LogP contribution >= 0.6 is 0 Å². The number of amides is 3. The largest absolute Gasteiger partial charge is 0.481 e. The molecule has 0 heterocycles. The van der Waals surface area contributed by atoms with Gasteiger partial charge >= 0.3 is 5.97 Å². The maximum atomic E-state index is 12.5. The van der Waals surface area contributed by atoms with E-state index < -0.39 is 29.6 Å². The van der Waals surface area contributed by atoms with Crippen LogP contribution in [0.25, 0.3) is 0 Å². The molecule has 1 saturated carbocycles. The first-order chi connectivity index (χ1) is 15.4. The zero-order valence-electron chi connectivity index (χ0n) is 17.2. The van der Waals surface area contributed by atoms with Crippen LogP contribution in [0.15, 0.2) is 66.7 Å². The molecule has 8 nitrogen and oxygen atoms in total. The van der Waals surface area contributed by atoms with Crippen molar-refractivity contribution in [2.24, 2.45) is 23.7 Å². The van der Waals surface area contributed by atoms with E-state index in [4.69, 9.17) is 0 Å². The van der Waals surface area contributed by atoms with Gasteiger partial charge in [0, 0.05) is 11.3 Å². The molecule has 0 aromatic heterocycles. The van der Waals surface area contributed by atoms with Crippen LogP contribution < -0.4 is 16.2 Å². The van der Waals surface area contributed by atoms with Crippen molar-refractivity contribution in [3.05, 3.63) is 77.9 Å². The smallest absolute Gasteiger partial charge is 0.307 e. The van der Waals surface area contributed by atoms with E-state index in [-0.39, 0.29) is 29.7 Å². The summed E-state index contributed by atoms with van der Waals surface area (Å²) < 4.78 is 0. The van der Waals surface area contributed by atoms with Gasteiger partial charge in [-0.3, -0.25) is 30.0 Å². The Morgan fingerprint density at radius 3 is 2.16 bits per heavy atom. The van der Waals surface area contributed by atoms with Crippen molar-refractivity contribution in [3.63, 3.8) is 0 Å². The minimum absolute atomic E-state index is 0.128. The summed E-state index contributed by atoms with van der Waals surface area (Å²) in [5.74, 6) is -3.97.